The van der Waals surface area contributed by atoms with Crippen LogP contribution in [0.3, 0.4) is 0 Å². The zero-order chi connectivity index (χ0) is 13.2. The molecule has 1 heterocycles. The number of oxime groups is 1. The number of nitrogens with two attached hydrogens (primary N) is 1. The third-order valence-corrected chi connectivity index (χ3v) is 4.49. The van der Waals surface area contributed by atoms with Gasteiger partial charge in [0.05, 0.1) is 6.04 Å². The van der Waals surface area contributed by atoms with E-state index < -0.39 is 0 Å². The largest absolute Gasteiger partial charge is 0.409 e. The molecule has 2 aliphatic rings. The summed E-state index contributed by atoms with van der Waals surface area (Å²) >= 11 is 0. The van der Waals surface area contributed by atoms with Gasteiger partial charge < -0.3 is 10.9 Å². The summed E-state index contributed by atoms with van der Waals surface area (Å²) in [5, 5.41) is 12.1. The van der Waals surface area contributed by atoms with Gasteiger partial charge in [0.2, 0.25) is 0 Å². The molecule has 1 fully saturated rings. The maximum absolute atomic E-state index is 8.90. The first-order chi connectivity index (χ1) is 9.29. The van der Waals surface area contributed by atoms with Crippen LogP contribution in [-0.4, -0.2) is 35.1 Å². The molecule has 0 amide bonds. The maximum Gasteiger partial charge on any atom is 0.156 e. The SMILES string of the molecule is NC(=NO)C1CCCCN1CC1Cc2ccccc21. The smallest absolute Gasteiger partial charge is 0.156 e. The lowest BCUT2D eigenvalue weighted by Gasteiger charge is -2.40. The van der Waals surface area contributed by atoms with Gasteiger partial charge in [0, 0.05) is 12.5 Å². The Morgan fingerprint density at radius 2 is 2.21 bits per heavy atom. The summed E-state index contributed by atoms with van der Waals surface area (Å²) in [5.41, 5.74) is 8.78. The molecule has 1 aromatic carbocycles. The highest BCUT2D eigenvalue weighted by atomic mass is 16.4. The van der Waals surface area contributed by atoms with Crippen molar-refractivity contribution in [2.45, 2.75) is 37.6 Å². The number of hydrogen-bond donors (Lipinski definition) is 2. The fourth-order valence-corrected chi connectivity index (χ4v) is 3.42. The van der Waals surface area contributed by atoms with Gasteiger partial charge in [0.15, 0.2) is 5.84 Å². The van der Waals surface area contributed by atoms with Crippen molar-refractivity contribution in [3.05, 3.63) is 35.4 Å². The molecule has 0 spiro atoms. The lowest BCUT2D eigenvalue weighted by Crippen LogP contribution is -2.50. The van der Waals surface area contributed by atoms with Gasteiger partial charge in [-0.25, -0.2) is 0 Å². The van der Waals surface area contributed by atoms with E-state index in [1.165, 1.54) is 24.0 Å². The summed E-state index contributed by atoms with van der Waals surface area (Å²) in [6.45, 7) is 2.08. The normalized spacial score (nSPS) is 27.7. The third-order valence-electron chi connectivity index (χ3n) is 4.49. The van der Waals surface area contributed by atoms with Gasteiger partial charge in [-0.2, -0.15) is 0 Å². The Morgan fingerprint density at radius 1 is 1.37 bits per heavy atom. The molecule has 1 aliphatic carbocycles. The molecule has 1 aromatic rings. The Morgan fingerprint density at radius 3 is 3.00 bits per heavy atom. The van der Waals surface area contributed by atoms with Crippen molar-refractivity contribution in [1.82, 2.24) is 4.90 Å². The highest BCUT2D eigenvalue weighted by molar-refractivity contribution is 5.85. The van der Waals surface area contributed by atoms with Crippen molar-refractivity contribution in [2.75, 3.05) is 13.1 Å². The van der Waals surface area contributed by atoms with E-state index in [-0.39, 0.29) is 6.04 Å². The van der Waals surface area contributed by atoms with Crippen LogP contribution in [0.2, 0.25) is 0 Å². The van der Waals surface area contributed by atoms with Crippen LogP contribution >= 0.6 is 0 Å². The fourth-order valence-electron chi connectivity index (χ4n) is 3.42. The topological polar surface area (TPSA) is 61.9 Å². The molecule has 0 bridgehead atoms. The minimum absolute atomic E-state index is 0.117. The van der Waals surface area contributed by atoms with Crippen molar-refractivity contribution >= 4 is 5.84 Å². The van der Waals surface area contributed by atoms with E-state index in [9.17, 15) is 0 Å². The molecule has 3 rings (SSSR count). The number of hydrogen-bond acceptors (Lipinski definition) is 3. The minimum Gasteiger partial charge on any atom is -0.409 e. The molecule has 2 atom stereocenters. The van der Waals surface area contributed by atoms with Crippen LogP contribution in [0.4, 0.5) is 0 Å². The van der Waals surface area contributed by atoms with Gasteiger partial charge in [-0.15, -0.1) is 0 Å². The molecule has 2 unspecified atom stereocenters. The van der Waals surface area contributed by atoms with Gasteiger partial charge in [-0.1, -0.05) is 35.8 Å². The molecule has 4 nitrogen and oxygen atoms in total. The van der Waals surface area contributed by atoms with E-state index in [2.05, 4.69) is 34.3 Å². The van der Waals surface area contributed by atoms with E-state index in [0.717, 1.165) is 25.9 Å². The van der Waals surface area contributed by atoms with Crippen LogP contribution in [-0.2, 0) is 6.42 Å². The second-order valence-electron chi connectivity index (χ2n) is 5.63. The lowest BCUT2D eigenvalue weighted by atomic mass is 9.77. The summed E-state index contributed by atoms with van der Waals surface area (Å²) in [4.78, 5) is 2.39. The minimum atomic E-state index is 0.117. The lowest BCUT2D eigenvalue weighted by molar-refractivity contribution is 0.170. The molecular formula is C15H21N3O. The van der Waals surface area contributed by atoms with E-state index in [1.54, 1.807) is 0 Å². The van der Waals surface area contributed by atoms with Crippen LogP contribution in [0.25, 0.3) is 0 Å². The Labute approximate surface area is 113 Å². The predicted molar refractivity (Wildman–Crippen MR) is 75.5 cm³/mol. The van der Waals surface area contributed by atoms with Crippen LogP contribution < -0.4 is 5.73 Å². The highest BCUT2D eigenvalue weighted by Gasteiger charge is 2.32. The number of benzene rings is 1. The van der Waals surface area contributed by atoms with Crippen molar-refractivity contribution in [3.8, 4) is 0 Å². The van der Waals surface area contributed by atoms with Crippen molar-refractivity contribution < 1.29 is 5.21 Å². The van der Waals surface area contributed by atoms with Crippen LogP contribution in [0.5, 0.6) is 0 Å². The standard InChI is InChI=1S/C15H21N3O/c16-15(17-19)14-7-3-4-8-18(14)10-12-9-11-5-1-2-6-13(11)12/h1-2,5-6,12,14,19H,3-4,7-10H2,(H2,16,17). The number of amidine groups is 1. The summed E-state index contributed by atoms with van der Waals surface area (Å²) in [5.74, 6) is 0.982. The van der Waals surface area contributed by atoms with Crippen molar-refractivity contribution in [3.63, 3.8) is 0 Å². The highest BCUT2D eigenvalue weighted by Crippen LogP contribution is 2.36. The molecule has 0 radical (unpaired) electrons. The number of likely N-dealkylation sites (tertiary alicyclic amines) is 1. The van der Waals surface area contributed by atoms with Crippen LogP contribution in [0.15, 0.2) is 29.4 Å². The molecule has 4 heteroatoms. The van der Waals surface area contributed by atoms with Crippen molar-refractivity contribution in [1.29, 1.82) is 0 Å². The van der Waals surface area contributed by atoms with Gasteiger partial charge >= 0.3 is 0 Å². The monoisotopic (exact) mass is 259 g/mol. The summed E-state index contributed by atoms with van der Waals surface area (Å²) in [6, 6.07) is 8.78. The average molecular weight is 259 g/mol. The Bertz CT molecular complexity index is 486. The maximum atomic E-state index is 8.90. The van der Waals surface area contributed by atoms with Crippen LogP contribution in [0, 0.1) is 0 Å². The first-order valence-electron chi connectivity index (χ1n) is 7.09. The first kappa shape index (κ1) is 12.5. The predicted octanol–water partition coefficient (Wildman–Crippen LogP) is 1.93. The molecule has 1 aliphatic heterocycles. The number of piperidine rings is 1. The third kappa shape index (κ3) is 2.32. The zero-order valence-corrected chi connectivity index (χ0v) is 11.1. The molecule has 0 saturated carbocycles. The Hall–Kier alpha value is -1.55. The van der Waals surface area contributed by atoms with E-state index >= 15 is 0 Å². The quantitative estimate of drug-likeness (QED) is 0.377. The summed E-state index contributed by atoms with van der Waals surface area (Å²) < 4.78 is 0. The summed E-state index contributed by atoms with van der Waals surface area (Å²) in [7, 11) is 0. The number of fused-ring (bicyclic) bond motifs is 1. The zero-order valence-electron chi connectivity index (χ0n) is 11.1. The Balaban J connectivity index is 1.69. The van der Waals surface area contributed by atoms with Crippen LogP contribution in [0.1, 0.15) is 36.3 Å². The van der Waals surface area contributed by atoms with Gasteiger partial charge in [0.1, 0.15) is 0 Å². The second-order valence-corrected chi connectivity index (χ2v) is 5.63. The molecule has 1 saturated heterocycles. The molecular weight excluding hydrogens is 238 g/mol. The van der Waals surface area contributed by atoms with E-state index in [0.29, 0.717) is 11.8 Å². The first-order valence-corrected chi connectivity index (χ1v) is 7.09. The number of nitrogens with zero attached hydrogens (tertiary/aromatic N) is 2. The molecule has 0 aromatic heterocycles. The molecule has 3 N–H and O–H groups in total. The van der Waals surface area contributed by atoms with E-state index in [1.807, 2.05) is 0 Å². The van der Waals surface area contributed by atoms with E-state index in [4.69, 9.17) is 10.9 Å². The summed E-state index contributed by atoms with van der Waals surface area (Å²) in [6.07, 6.45) is 4.54. The molecule has 102 valence electrons. The number of rotatable bonds is 3. The van der Waals surface area contributed by atoms with Gasteiger partial charge in [-0.3, -0.25) is 4.90 Å². The average Bonchev–Trinajstić information content (AvgIpc) is 2.44. The van der Waals surface area contributed by atoms with Gasteiger partial charge in [-0.05, 0) is 36.9 Å². The fraction of sp³-hybridized carbons (Fsp3) is 0.533. The Kier molecular flexibility index (Phi) is 3.42. The van der Waals surface area contributed by atoms with Crippen molar-refractivity contribution in [2.24, 2.45) is 10.9 Å². The molecule has 19 heavy (non-hydrogen) atoms. The van der Waals surface area contributed by atoms with Gasteiger partial charge in [0.25, 0.3) is 0 Å². The second kappa shape index (κ2) is 5.21.